The number of nitrogens with zero attached hydrogens (tertiary/aromatic N) is 4. The van der Waals surface area contributed by atoms with Crippen molar-refractivity contribution in [1.82, 2.24) is 0 Å². The maximum Gasteiger partial charge on any atom is 0.192 e. The normalized spacial score (nSPS) is 13.3. The second-order valence-electron chi connectivity index (χ2n) is 14.8. The molecule has 0 saturated carbocycles. The Labute approximate surface area is 355 Å². The van der Waals surface area contributed by atoms with Crippen molar-refractivity contribution in [3.05, 3.63) is 205 Å². The predicted octanol–water partition coefficient (Wildman–Crippen LogP) is 11.6. The first-order valence-electron chi connectivity index (χ1n) is 19.2. The number of aryl methyl sites for hydroxylation is 7. The van der Waals surface area contributed by atoms with E-state index < -0.39 is 4.92 Å². The third kappa shape index (κ3) is 9.23. The number of halogens is 1. The Hall–Kier alpha value is -5.62. The molecule has 296 valence electrons. The van der Waals surface area contributed by atoms with Crippen LogP contribution in [0.4, 0.5) is 22.7 Å². The first kappa shape index (κ1) is 42.0. The number of aliphatic imine (C=N–C) groups is 1. The summed E-state index contributed by atoms with van der Waals surface area (Å²) in [6, 6.07) is 44.2. The summed E-state index contributed by atoms with van der Waals surface area (Å²) in [6.45, 7) is 17.5. The summed E-state index contributed by atoms with van der Waals surface area (Å²) in [4.78, 5) is 19.7. The van der Waals surface area contributed by atoms with Gasteiger partial charge < -0.3 is 4.99 Å². The van der Waals surface area contributed by atoms with E-state index in [1.807, 2.05) is 31.2 Å². The molecule has 58 heavy (non-hydrogen) atoms. The Kier molecular flexibility index (Phi) is 13.3. The molecule has 8 heteroatoms. The molecule has 0 amide bonds. The zero-order valence-corrected chi connectivity index (χ0v) is 36.5. The molecule has 1 aliphatic heterocycles. The van der Waals surface area contributed by atoms with Gasteiger partial charge in [0, 0.05) is 4.92 Å². The number of non-ortho nitro benzene ring substituents is 1. The Morgan fingerprint density at radius 3 is 1.76 bits per heavy atom. The molecular formula is C50H48ClN4O2Ru-. The second-order valence-corrected chi connectivity index (χ2v) is 17.0. The average molecular weight is 873 g/mol. The van der Waals surface area contributed by atoms with Gasteiger partial charge in [0.05, 0.1) is 5.69 Å². The number of fused-ring (bicyclic) bond motifs is 1. The van der Waals surface area contributed by atoms with E-state index in [1.54, 1.807) is 6.21 Å². The summed E-state index contributed by atoms with van der Waals surface area (Å²) in [6.07, 6.45) is 4.04. The number of anilines is 2. The number of benzene rings is 6. The molecule has 0 radical (unpaired) electrons. The monoisotopic (exact) mass is 873 g/mol. The third-order valence-electron chi connectivity index (χ3n) is 10.2. The number of hydrogen-bond acceptors (Lipinski definition) is 5. The van der Waals surface area contributed by atoms with E-state index in [-0.39, 0.29) is 34.3 Å². The van der Waals surface area contributed by atoms with Crippen molar-refractivity contribution in [3.8, 4) is 0 Å². The first-order valence-corrected chi connectivity index (χ1v) is 20.9. The van der Waals surface area contributed by atoms with Gasteiger partial charge >= 0.3 is 241 Å². The van der Waals surface area contributed by atoms with Crippen LogP contribution in [0.15, 0.2) is 132 Å². The van der Waals surface area contributed by atoms with Crippen molar-refractivity contribution in [3.63, 3.8) is 0 Å². The molecule has 0 unspecified atom stereocenters. The van der Waals surface area contributed by atoms with Gasteiger partial charge in [-0.1, -0.05) is 29.8 Å². The van der Waals surface area contributed by atoms with Crippen LogP contribution in [0.1, 0.15) is 61.2 Å². The zero-order valence-electron chi connectivity index (χ0n) is 34.0. The molecule has 1 saturated heterocycles. The molecule has 0 N–H and O–H groups in total. The molecule has 1 fully saturated rings. The van der Waals surface area contributed by atoms with Crippen LogP contribution in [0.3, 0.4) is 0 Å². The molecule has 0 atom stereocenters. The summed E-state index contributed by atoms with van der Waals surface area (Å²) in [5, 5.41) is 10.6. The number of nitro groups is 1. The van der Waals surface area contributed by atoms with Gasteiger partial charge in [-0.2, -0.15) is 0 Å². The number of rotatable bonds is 6. The maximum absolute atomic E-state index is 10.6. The standard InChI is InChI=1S/C21H26N2.C15H10.C14H11N2O2.ClH.Ru/c1-14-9-16(3)20(17(4)10-14)22-7-8-23(13-22)21-18(5)11-15(2)12-19(21)6;1-2-6-12(7-3-1)15-11-10-13-8-4-5-9-14(13)15;1-11-5-7-13(8-6-11)15-10-12-3-2-4-14(9-12)16(17)18;;/h9-12H,7-8H2,1-6H3;1-9,11H;2,4-10H,1H3;1H;/q;;-1;;. The molecule has 1 aliphatic carbocycles. The van der Waals surface area contributed by atoms with Crippen LogP contribution >= 0.6 is 12.4 Å². The van der Waals surface area contributed by atoms with Crippen molar-refractivity contribution in [2.24, 2.45) is 4.99 Å². The fourth-order valence-corrected chi connectivity index (χ4v) is 10.5. The maximum atomic E-state index is 10.6. The zero-order chi connectivity index (χ0) is 40.2. The second kappa shape index (κ2) is 18.3. The van der Waals surface area contributed by atoms with Gasteiger partial charge in [-0.25, -0.2) is 0 Å². The summed E-state index contributed by atoms with van der Waals surface area (Å²) in [5.41, 5.74) is 18.9. The van der Waals surface area contributed by atoms with Crippen molar-refractivity contribution in [1.29, 1.82) is 0 Å². The van der Waals surface area contributed by atoms with E-state index in [0.717, 1.165) is 24.3 Å². The smallest absolute Gasteiger partial charge is 0.192 e. The Morgan fingerprint density at radius 2 is 1.21 bits per heavy atom. The van der Waals surface area contributed by atoms with Gasteiger partial charge in [-0.3, -0.25) is 10.1 Å². The largest absolute Gasteiger partial charge is 0.305 e. The van der Waals surface area contributed by atoms with E-state index in [4.69, 9.17) is 0 Å². The predicted molar refractivity (Wildman–Crippen MR) is 243 cm³/mol. The minimum Gasteiger partial charge on any atom is -0.305 e. The summed E-state index contributed by atoms with van der Waals surface area (Å²) in [5.74, 6) is 0. The van der Waals surface area contributed by atoms with Gasteiger partial charge in [-0.05, 0) is 25.3 Å². The van der Waals surface area contributed by atoms with Crippen molar-refractivity contribution < 1.29 is 21.1 Å². The van der Waals surface area contributed by atoms with Crippen LogP contribution in [0.5, 0.6) is 0 Å². The van der Waals surface area contributed by atoms with Gasteiger partial charge in [0.25, 0.3) is 0 Å². The van der Waals surface area contributed by atoms with E-state index in [2.05, 4.69) is 147 Å². The molecule has 6 nitrogen and oxygen atoms in total. The van der Waals surface area contributed by atoms with E-state index in [1.165, 1.54) is 93.7 Å². The van der Waals surface area contributed by atoms with Crippen molar-refractivity contribution in [2.45, 2.75) is 48.5 Å². The third-order valence-corrected chi connectivity index (χ3v) is 12.7. The van der Waals surface area contributed by atoms with E-state index in [9.17, 15) is 10.1 Å². The number of allylic oxidation sites excluding steroid dienone is 1. The first-order chi connectivity index (χ1) is 27.5. The van der Waals surface area contributed by atoms with Crippen LogP contribution < -0.4 is 9.80 Å². The van der Waals surface area contributed by atoms with Gasteiger partial charge in [0.2, 0.25) is 0 Å². The molecule has 8 rings (SSSR count). The molecule has 0 spiro atoms. The Balaban J connectivity index is 0.000000251. The summed E-state index contributed by atoms with van der Waals surface area (Å²) < 4.78 is 2.94. The van der Waals surface area contributed by atoms with Crippen LogP contribution in [-0.4, -0.2) is 32.7 Å². The molecule has 0 aromatic heterocycles. The number of nitro benzene ring substituents is 1. The van der Waals surface area contributed by atoms with Crippen LogP contribution in [0.2, 0.25) is 0 Å². The van der Waals surface area contributed by atoms with E-state index >= 15 is 0 Å². The molecule has 0 bridgehead atoms. The van der Waals surface area contributed by atoms with Crippen LogP contribution in [-0.2, 0) is 16.2 Å². The molecule has 1 heterocycles. The topological polar surface area (TPSA) is 62.0 Å². The quantitative estimate of drug-likeness (QED) is 0.0550. The van der Waals surface area contributed by atoms with Gasteiger partial charge in [0.1, 0.15) is 0 Å². The van der Waals surface area contributed by atoms with Crippen molar-refractivity contribution >= 4 is 55.4 Å². The van der Waals surface area contributed by atoms with Crippen LogP contribution in [0, 0.1) is 64.6 Å². The van der Waals surface area contributed by atoms with Crippen molar-refractivity contribution in [2.75, 3.05) is 22.9 Å². The molecular weight excluding hydrogens is 825 g/mol. The van der Waals surface area contributed by atoms with Crippen LogP contribution in [0.25, 0.3) is 5.57 Å². The van der Waals surface area contributed by atoms with Gasteiger partial charge in [-0.15, -0.1) is 30.1 Å². The SMILES string of the molecule is Cc1cc(C)c(N2CCN(c3c(C)cc(C)cc3C)[C]2=[Ru]=[C]2C=C(c3ccccc3)c3ccccc32)c(C)c1.Cc1ccc(N=Cc2[c-]ccc([N+](=O)[O-])c2)cc1.Cl. The van der Waals surface area contributed by atoms with E-state index in [0.29, 0.717) is 5.56 Å². The fourth-order valence-electron chi connectivity index (χ4n) is 7.87. The van der Waals surface area contributed by atoms with Gasteiger partial charge in [0.15, 0.2) is 5.69 Å². The minimum atomic E-state index is -0.433. The Morgan fingerprint density at radius 1 is 0.672 bits per heavy atom. The molecule has 6 aromatic rings. The minimum absolute atomic E-state index is 0. The molecule has 6 aromatic carbocycles. The fraction of sp³-hybridized carbons (Fsp3) is 0.180. The summed E-state index contributed by atoms with van der Waals surface area (Å²) in [7, 11) is 0. The molecule has 2 aliphatic rings. The average Bonchev–Trinajstić information content (AvgIpc) is 3.76. The number of hydrogen-bond donors (Lipinski definition) is 0. The Bertz CT molecular complexity index is 2510. The summed E-state index contributed by atoms with van der Waals surface area (Å²) >= 11 is -0.233.